The second-order valence-corrected chi connectivity index (χ2v) is 5.85. The van der Waals surface area contributed by atoms with Crippen molar-refractivity contribution in [2.75, 3.05) is 20.1 Å². The van der Waals surface area contributed by atoms with Gasteiger partial charge in [0.2, 0.25) is 11.6 Å². The molecule has 0 spiro atoms. The van der Waals surface area contributed by atoms with Crippen molar-refractivity contribution in [3.8, 4) is 0 Å². The van der Waals surface area contributed by atoms with E-state index in [-0.39, 0.29) is 11.6 Å². The first-order valence-corrected chi connectivity index (χ1v) is 7.19. The van der Waals surface area contributed by atoms with Crippen LogP contribution in [0.15, 0.2) is 30.3 Å². The number of ketones is 2. The summed E-state index contributed by atoms with van der Waals surface area (Å²) >= 11 is 0. The van der Waals surface area contributed by atoms with E-state index in [1.165, 1.54) is 0 Å². The molecule has 3 heteroatoms. The lowest BCUT2D eigenvalue weighted by Crippen LogP contribution is -2.21. The van der Waals surface area contributed by atoms with Crippen LogP contribution in [-0.2, 0) is 16.0 Å². The van der Waals surface area contributed by atoms with Crippen LogP contribution in [0.2, 0.25) is 0 Å². The molecular weight excluding hydrogens is 250 g/mol. The summed E-state index contributed by atoms with van der Waals surface area (Å²) in [6, 6.07) is 7.84. The average molecular weight is 269 g/mol. The molecule has 1 aromatic rings. The summed E-state index contributed by atoms with van der Waals surface area (Å²) in [4.78, 5) is 26.8. The van der Waals surface area contributed by atoms with Gasteiger partial charge in [-0.25, -0.2) is 0 Å². The highest BCUT2D eigenvalue weighted by molar-refractivity contribution is 6.54. The van der Waals surface area contributed by atoms with Crippen molar-refractivity contribution in [3.63, 3.8) is 0 Å². The Labute approximate surface area is 119 Å². The van der Waals surface area contributed by atoms with Gasteiger partial charge in [0.05, 0.1) is 0 Å². The van der Waals surface area contributed by atoms with Gasteiger partial charge in [-0.15, -0.1) is 0 Å². The van der Waals surface area contributed by atoms with Gasteiger partial charge >= 0.3 is 0 Å². The van der Waals surface area contributed by atoms with Crippen molar-refractivity contribution in [1.29, 1.82) is 0 Å². The maximum absolute atomic E-state index is 12.3. The first-order chi connectivity index (χ1) is 9.65. The zero-order chi connectivity index (χ0) is 14.1. The molecule has 20 heavy (non-hydrogen) atoms. The van der Waals surface area contributed by atoms with E-state index in [1.807, 2.05) is 30.3 Å². The fourth-order valence-electron chi connectivity index (χ4n) is 3.20. The van der Waals surface area contributed by atoms with Gasteiger partial charge in [-0.3, -0.25) is 9.59 Å². The molecule has 1 fully saturated rings. The second-order valence-electron chi connectivity index (χ2n) is 5.85. The highest BCUT2D eigenvalue weighted by Crippen LogP contribution is 2.29. The summed E-state index contributed by atoms with van der Waals surface area (Å²) in [6.07, 6.45) is 4.07. The fourth-order valence-corrected chi connectivity index (χ4v) is 3.20. The largest absolute Gasteiger partial charge is 0.306 e. The monoisotopic (exact) mass is 269 g/mol. The van der Waals surface area contributed by atoms with Crippen LogP contribution >= 0.6 is 0 Å². The molecule has 2 aliphatic rings. The lowest BCUT2D eigenvalue weighted by molar-refractivity contribution is -0.133. The van der Waals surface area contributed by atoms with Crippen LogP contribution in [0.3, 0.4) is 0 Å². The Morgan fingerprint density at radius 2 is 2.10 bits per heavy atom. The Bertz CT molecular complexity index is 588. The zero-order valence-electron chi connectivity index (χ0n) is 11.8. The van der Waals surface area contributed by atoms with Crippen molar-refractivity contribution in [2.45, 2.75) is 19.3 Å². The molecule has 1 saturated heterocycles. The highest BCUT2D eigenvalue weighted by atomic mass is 16.2. The van der Waals surface area contributed by atoms with Crippen molar-refractivity contribution in [2.24, 2.45) is 5.92 Å². The van der Waals surface area contributed by atoms with E-state index >= 15 is 0 Å². The summed E-state index contributed by atoms with van der Waals surface area (Å²) in [5, 5.41) is 0. The molecule has 1 heterocycles. The van der Waals surface area contributed by atoms with Gasteiger partial charge in [0, 0.05) is 18.5 Å². The van der Waals surface area contributed by atoms with Gasteiger partial charge in [-0.2, -0.15) is 0 Å². The average Bonchev–Trinajstić information content (AvgIpc) is 3.04. The van der Waals surface area contributed by atoms with Gasteiger partial charge in [-0.05, 0) is 43.5 Å². The van der Waals surface area contributed by atoms with Crippen LogP contribution in [0, 0.1) is 5.92 Å². The number of hydrogen-bond acceptors (Lipinski definition) is 3. The molecule has 0 amide bonds. The van der Waals surface area contributed by atoms with Crippen LogP contribution in [0.1, 0.15) is 24.0 Å². The van der Waals surface area contributed by atoms with Crippen molar-refractivity contribution < 1.29 is 9.59 Å². The number of likely N-dealkylation sites (tertiary alicyclic amines) is 1. The number of fused-ring (bicyclic) bond motifs is 1. The topological polar surface area (TPSA) is 37.4 Å². The third-order valence-electron chi connectivity index (χ3n) is 4.29. The Kier molecular flexibility index (Phi) is 3.53. The summed E-state index contributed by atoms with van der Waals surface area (Å²) in [5.41, 5.74) is 2.69. The molecule has 1 aliphatic heterocycles. The van der Waals surface area contributed by atoms with E-state index in [2.05, 4.69) is 11.9 Å². The van der Waals surface area contributed by atoms with Crippen molar-refractivity contribution in [3.05, 3.63) is 41.5 Å². The number of carbonyl (C=O) groups is 2. The van der Waals surface area contributed by atoms with Crippen LogP contribution < -0.4 is 0 Å². The molecule has 1 aliphatic carbocycles. The van der Waals surface area contributed by atoms with Crippen LogP contribution in [0.25, 0.3) is 5.57 Å². The number of Topliss-reactive ketones (excluding diaryl/α,β-unsaturated/α-hetero) is 2. The van der Waals surface area contributed by atoms with Crippen molar-refractivity contribution in [1.82, 2.24) is 4.90 Å². The molecule has 0 aromatic heterocycles. The fraction of sp³-hybridized carbons (Fsp3) is 0.412. The van der Waals surface area contributed by atoms with E-state index < -0.39 is 0 Å². The molecule has 1 aromatic carbocycles. The third-order valence-corrected chi connectivity index (χ3v) is 4.29. The molecule has 3 nitrogen and oxygen atoms in total. The van der Waals surface area contributed by atoms with Crippen LogP contribution in [0.5, 0.6) is 0 Å². The van der Waals surface area contributed by atoms with E-state index in [0.717, 1.165) is 37.1 Å². The van der Waals surface area contributed by atoms with E-state index in [1.54, 1.807) is 0 Å². The van der Waals surface area contributed by atoms with Gasteiger partial charge in [0.25, 0.3) is 0 Å². The van der Waals surface area contributed by atoms with Crippen LogP contribution in [-0.4, -0.2) is 36.6 Å². The molecule has 0 N–H and O–H groups in total. The number of benzene rings is 1. The predicted octanol–water partition coefficient (Wildman–Crippen LogP) is 2.11. The standard InChI is InChI=1S/C17H19NO2/c1-18-9-8-12(11-18)10-16(19)17(20)15-7-6-13-4-2-3-5-14(13)15/h2-5,7,12H,6,8-11H2,1H3/t12-/m0/s1. The van der Waals surface area contributed by atoms with Gasteiger partial charge in [0.15, 0.2) is 0 Å². The predicted molar refractivity (Wildman–Crippen MR) is 78.4 cm³/mol. The number of hydrogen-bond donors (Lipinski definition) is 0. The molecule has 0 radical (unpaired) electrons. The van der Waals surface area contributed by atoms with E-state index in [4.69, 9.17) is 0 Å². The number of allylic oxidation sites excluding steroid dienone is 2. The molecule has 104 valence electrons. The zero-order valence-corrected chi connectivity index (χ0v) is 11.8. The molecule has 0 saturated carbocycles. The lowest BCUT2D eigenvalue weighted by atomic mass is 9.94. The normalized spacial score (nSPS) is 21.6. The van der Waals surface area contributed by atoms with Crippen molar-refractivity contribution >= 4 is 17.1 Å². The quantitative estimate of drug-likeness (QED) is 0.786. The lowest BCUT2D eigenvalue weighted by Gasteiger charge is -2.09. The molecule has 0 unspecified atom stereocenters. The Morgan fingerprint density at radius 1 is 1.30 bits per heavy atom. The Morgan fingerprint density at radius 3 is 2.85 bits per heavy atom. The maximum atomic E-state index is 12.3. The van der Waals surface area contributed by atoms with Gasteiger partial charge in [-0.1, -0.05) is 30.3 Å². The smallest absolute Gasteiger partial charge is 0.228 e. The first-order valence-electron chi connectivity index (χ1n) is 7.19. The van der Waals surface area contributed by atoms with E-state index in [9.17, 15) is 9.59 Å². The summed E-state index contributed by atoms with van der Waals surface area (Å²) in [6.45, 7) is 1.95. The highest BCUT2D eigenvalue weighted by Gasteiger charge is 2.29. The Balaban J connectivity index is 1.69. The number of rotatable bonds is 4. The van der Waals surface area contributed by atoms with Crippen LogP contribution in [0.4, 0.5) is 0 Å². The number of carbonyl (C=O) groups excluding carboxylic acids is 2. The summed E-state index contributed by atoms with van der Waals surface area (Å²) in [5.74, 6) is -0.188. The molecular formula is C17H19NO2. The minimum absolute atomic E-state index is 0.228. The molecule has 3 rings (SSSR count). The van der Waals surface area contributed by atoms with Gasteiger partial charge < -0.3 is 4.90 Å². The minimum atomic E-state index is -0.301. The minimum Gasteiger partial charge on any atom is -0.306 e. The SMILES string of the molecule is CN1CC[C@@H](CC(=O)C(=O)C2=CCc3ccccc32)C1. The van der Waals surface area contributed by atoms with E-state index in [0.29, 0.717) is 17.9 Å². The second kappa shape index (κ2) is 5.33. The third kappa shape index (κ3) is 2.46. The Hall–Kier alpha value is -1.74. The van der Waals surface area contributed by atoms with Gasteiger partial charge in [0.1, 0.15) is 0 Å². The number of nitrogens with zero attached hydrogens (tertiary/aromatic N) is 1. The first kappa shape index (κ1) is 13.3. The summed E-state index contributed by atoms with van der Waals surface area (Å²) < 4.78 is 0. The summed E-state index contributed by atoms with van der Waals surface area (Å²) in [7, 11) is 2.06. The maximum Gasteiger partial charge on any atom is 0.228 e. The molecule has 0 bridgehead atoms. The molecule has 1 atom stereocenters.